The highest BCUT2D eigenvalue weighted by Crippen LogP contribution is 2.38. The fourth-order valence-corrected chi connectivity index (χ4v) is 3.54. The zero-order valence-electron chi connectivity index (χ0n) is 14.9. The monoisotopic (exact) mass is 395 g/mol. The van der Waals surface area contributed by atoms with Gasteiger partial charge in [0, 0.05) is 25.8 Å². The van der Waals surface area contributed by atoms with Crippen molar-refractivity contribution in [3.63, 3.8) is 0 Å². The number of nitrogen functional groups attached to an aromatic ring is 1. The van der Waals surface area contributed by atoms with Gasteiger partial charge in [-0.25, -0.2) is 4.39 Å². The Kier molecular flexibility index (Phi) is 5.40. The van der Waals surface area contributed by atoms with Crippen LogP contribution in [0.2, 0.25) is 0 Å². The minimum absolute atomic E-state index is 0. The lowest BCUT2D eigenvalue weighted by Gasteiger charge is -2.33. The van der Waals surface area contributed by atoms with E-state index in [1.165, 1.54) is 23.1 Å². The first-order valence-electron chi connectivity index (χ1n) is 8.78. The molecule has 3 rings (SSSR count). The lowest BCUT2D eigenvalue weighted by molar-refractivity contribution is -0.138. The van der Waals surface area contributed by atoms with Crippen LogP contribution in [0.5, 0.6) is 0 Å². The number of amides is 1. The van der Waals surface area contributed by atoms with Crippen LogP contribution in [-0.4, -0.2) is 29.6 Å². The Morgan fingerprint density at radius 3 is 2.39 bits per heavy atom. The highest BCUT2D eigenvalue weighted by molar-refractivity contribution is 6.45. The minimum atomic E-state index is -4.42. The SMILES string of the molecule is N=C(C(=O)N1CCC(c2ccccc2C(F)(F)F)CC1)c1ccc(F)cc1N.[HH]. The van der Waals surface area contributed by atoms with Gasteiger partial charge in [-0.05, 0) is 48.6 Å². The van der Waals surface area contributed by atoms with Gasteiger partial charge in [0.05, 0.1) is 5.56 Å². The maximum absolute atomic E-state index is 13.2. The van der Waals surface area contributed by atoms with Crippen LogP contribution in [-0.2, 0) is 11.0 Å². The van der Waals surface area contributed by atoms with Crippen molar-refractivity contribution in [1.82, 2.24) is 4.90 Å². The third-order valence-electron chi connectivity index (χ3n) is 4.99. The summed E-state index contributed by atoms with van der Waals surface area (Å²) in [5, 5.41) is 8.07. The number of anilines is 1. The van der Waals surface area contributed by atoms with Gasteiger partial charge in [-0.3, -0.25) is 10.2 Å². The standard InChI is InChI=1S/C20H19F4N3O.H2/c21-13-5-6-15(17(25)11-13)18(26)19(28)27-9-7-12(8-10-27)14-3-1-2-4-16(14)20(22,23)24;/h1-6,11-12,26H,7-10,25H2;1H. The number of alkyl halides is 3. The smallest absolute Gasteiger partial charge is 0.398 e. The van der Waals surface area contributed by atoms with Gasteiger partial charge >= 0.3 is 6.18 Å². The third kappa shape index (κ3) is 4.00. The normalized spacial score (nSPS) is 15.5. The molecule has 150 valence electrons. The van der Waals surface area contributed by atoms with E-state index in [2.05, 4.69) is 0 Å². The highest BCUT2D eigenvalue weighted by Gasteiger charge is 2.36. The number of hydrogen-bond acceptors (Lipinski definition) is 3. The van der Waals surface area contributed by atoms with Gasteiger partial charge in [0.2, 0.25) is 0 Å². The zero-order chi connectivity index (χ0) is 20.5. The number of nitrogens with two attached hydrogens (primary N) is 1. The minimum Gasteiger partial charge on any atom is -0.398 e. The third-order valence-corrected chi connectivity index (χ3v) is 4.99. The predicted molar refractivity (Wildman–Crippen MR) is 99.8 cm³/mol. The molecule has 1 amide bonds. The van der Waals surface area contributed by atoms with Crippen LogP contribution in [0.3, 0.4) is 0 Å². The van der Waals surface area contributed by atoms with E-state index >= 15 is 0 Å². The molecule has 0 unspecified atom stereocenters. The van der Waals surface area contributed by atoms with E-state index in [9.17, 15) is 22.4 Å². The molecule has 28 heavy (non-hydrogen) atoms. The number of nitrogens with one attached hydrogen (secondary N) is 1. The predicted octanol–water partition coefficient (Wildman–Crippen LogP) is 4.45. The number of carbonyl (C=O) groups excluding carboxylic acids is 1. The van der Waals surface area contributed by atoms with Crippen molar-refractivity contribution < 1.29 is 23.8 Å². The Bertz CT molecular complexity index is 909. The van der Waals surface area contributed by atoms with E-state index in [0.717, 1.165) is 18.2 Å². The van der Waals surface area contributed by atoms with Crippen molar-refractivity contribution in [1.29, 1.82) is 5.41 Å². The fourth-order valence-electron chi connectivity index (χ4n) is 3.54. The molecule has 0 bridgehead atoms. The topological polar surface area (TPSA) is 70.2 Å². The average Bonchev–Trinajstić information content (AvgIpc) is 2.66. The molecule has 8 heteroatoms. The summed E-state index contributed by atoms with van der Waals surface area (Å²) in [4.78, 5) is 14.0. The van der Waals surface area contributed by atoms with Crippen LogP contribution in [0.25, 0.3) is 0 Å². The molecule has 0 saturated carbocycles. The van der Waals surface area contributed by atoms with E-state index in [4.69, 9.17) is 11.1 Å². The van der Waals surface area contributed by atoms with Gasteiger partial charge in [0.25, 0.3) is 5.91 Å². The molecule has 0 radical (unpaired) electrons. The Morgan fingerprint density at radius 1 is 1.14 bits per heavy atom. The lowest BCUT2D eigenvalue weighted by Crippen LogP contribution is -2.42. The molecule has 4 nitrogen and oxygen atoms in total. The molecule has 1 aliphatic heterocycles. The molecule has 1 saturated heterocycles. The maximum atomic E-state index is 13.2. The second-order valence-corrected chi connectivity index (χ2v) is 6.76. The Balaban J connectivity index is 0.00000300. The maximum Gasteiger partial charge on any atom is 0.416 e. The first-order valence-corrected chi connectivity index (χ1v) is 8.78. The van der Waals surface area contributed by atoms with Gasteiger partial charge in [0.15, 0.2) is 0 Å². The average molecular weight is 395 g/mol. The first kappa shape index (κ1) is 19.9. The molecule has 1 fully saturated rings. The number of rotatable bonds is 3. The van der Waals surface area contributed by atoms with Crippen molar-refractivity contribution in [3.8, 4) is 0 Å². The Morgan fingerprint density at radius 2 is 1.79 bits per heavy atom. The summed E-state index contributed by atoms with van der Waals surface area (Å²) in [5.41, 5.74) is 5.05. The summed E-state index contributed by atoms with van der Waals surface area (Å²) in [6, 6.07) is 8.92. The molecular formula is C20H21F4N3O. The number of carbonyl (C=O) groups is 1. The second kappa shape index (κ2) is 7.61. The van der Waals surface area contributed by atoms with Crippen LogP contribution in [0, 0.1) is 11.2 Å². The van der Waals surface area contributed by atoms with E-state index in [1.807, 2.05) is 0 Å². The van der Waals surface area contributed by atoms with Crippen molar-refractivity contribution >= 4 is 17.3 Å². The summed E-state index contributed by atoms with van der Waals surface area (Å²) >= 11 is 0. The van der Waals surface area contributed by atoms with Gasteiger partial charge < -0.3 is 10.6 Å². The quantitative estimate of drug-likeness (QED) is 0.458. The van der Waals surface area contributed by atoms with Crippen LogP contribution in [0.1, 0.15) is 36.9 Å². The number of likely N-dealkylation sites (tertiary alicyclic amines) is 1. The molecule has 0 spiro atoms. The number of piperidine rings is 1. The summed E-state index contributed by atoms with van der Waals surface area (Å²) in [6.07, 6.45) is -3.69. The number of nitrogens with zero attached hydrogens (tertiary/aromatic N) is 1. The molecule has 0 atom stereocenters. The summed E-state index contributed by atoms with van der Waals surface area (Å²) in [7, 11) is 0. The van der Waals surface area contributed by atoms with Crippen LogP contribution in [0.15, 0.2) is 42.5 Å². The number of halogens is 4. The molecule has 2 aromatic rings. The molecule has 1 heterocycles. The molecular weight excluding hydrogens is 374 g/mol. The number of hydrogen-bond donors (Lipinski definition) is 2. The molecule has 2 aromatic carbocycles. The first-order chi connectivity index (χ1) is 13.2. The fraction of sp³-hybridized carbons (Fsp3) is 0.300. The Hall–Kier alpha value is -2.90. The molecule has 3 N–H and O–H groups in total. The Labute approximate surface area is 160 Å². The van der Waals surface area contributed by atoms with E-state index in [-0.39, 0.29) is 43.0 Å². The van der Waals surface area contributed by atoms with Crippen LogP contribution in [0.4, 0.5) is 23.2 Å². The van der Waals surface area contributed by atoms with Crippen LogP contribution < -0.4 is 5.73 Å². The largest absolute Gasteiger partial charge is 0.416 e. The van der Waals surface area contributed by atoms with Gasteiger partial charge in [-0.2, -0.15) is 13.2 Å². The number of benzene rings is 2. The summed E-state index contributed by atoms with van der Waals surface area (Å²) in [5.74, 6) is -1.45. The van der Waals surface area contributed by atoms with Gasteiger partial charge in [-0.1, -0.05) is 18.2 Å². The van der Waals surface area contributed by atoms with Gasteiger partial charge in [-0.15, -0.1) is 0 Å². The highest BCUT2D eigenvalue weighted by atomic mass is 19.4. The van der Waals surface area contributed by atoms with E-state index < -0.39 is 23.5 Å². The second-order valence-electron chi connectivity index (χ2n) is 6.76. The summed E-state index contributed by atoms with van der Waals surface area (Å²) < 4.78 is 52.9. The van der Waals surface area contributed by atoms with Crippen molar-refractivity contribution in [2.45, 2.75) is 24.9 Å². The van der Waals surface area contributed by atoms with Crippen molar-refractivity contribution in [3.05, 3.63) is 65.0 Å². The van der Waals surface area contributed by atoms with E-state index in [0.29, 0.717) is 12.8 Å². The van der Waals surface area contributed by atoms with Crippen LogP contribution >= 0.6 is 0 Å². The molecule has 0 aliphatic carbocycles. The van der Waals surface area contributed by atoms with Gasteiger partial charge in [0.1, 0.15) is 11.5 Å². The van der Waals surface area contributed by atoms with Crippen molar-refractivity contribution in [2.75, 3.05) is 18.8 Å². The molecule has 0 aromatic heterocycles. The zero-order valence-corrected chi connectivity index (χ0v) is 14.9. The summed E-state index contributed by atoms with van der Waals surface area (Å²) in [6.45, 7) is 0.471. The van der Waals surface area contributed by atoms with E-state index in [1.54, 1.807) is 6.07 Å². The molecule has 1 aliphatic rings. The lowest BCUT2D eigenvalue weighted by atomic mass is 9.86. The van der Waals surface area contributed by atoms with Crippen molar-refractivity contribution in [2.24, 2.45) is 0 Å².